The van der Waals surface area contributed by atoms with E-state index in [4.69, 9.17) is 9.47 Å². The Balaban J connectivity index is 2.20. The Labute approximate surface area is 145 Å². The molecule has 8 heteroatoms. The van der Waals surface area contributed by atoms with Crippen molar-refractivity contribution in [3.8, 4) is 0 Å². The lowest BCUT2D eigenvalue weighted by molar-refractivity contribution is -0.384. The van der Waals surface area contributed by atoms with Crippen LogP contribution in [0.3, 0.4) is 0 Å². The molecule has 25 heavy (non-hydrogen) atoms. The maximum Gasteiger partial charge on any atom is 0.340 e. The van der Waals surface area contributed by atoms with Crippen molar-refractivity contribution >= 4 is 23.3 Å². The average Bonchev–Trinajstić information content (AvgIpc) is 2.61. The van der Waals surface area contributed by atoms with Crippen LogP contribution in [0.15, 0.2) is 18.2 Å². The fourth-order valence-electron chi connectivity index (χ4n) is 2.90. The molecule has 1 aromatic carbocycles. The van der Waals surface area contributed by atoms with Crippen LogP contribution in [0, 0.1) is 16.0 Å². The fraction of sp³-hybridized carbons (Fsp3) is 0.529. The van der Waals surface area contributed by atoms with Crippen LogP contribution in [0.4, 0.5) is 11.4 Å². The molecule has 0 saturated carbocycles. The Bertz CT molecular complexity index is 653. The number of hydrogen-bond donors (Lipinski definition) is 0. The van der Waals surface area contributed by atoms with Gasteiger partial charge >= 0.3 is 11.9 Å². The zero-order valence-corrected chi connectivity index (χ0v) is 14.4. The SMILES string of the molecule is CCOC(=O)c1cc([N+](=O)[O-])ccc1N1CCC(C(=O)OCC)CC1. The van der Waals surface area contributed by atoms with Crippen LogP contribution >= 0.6 is 0 Å². The summed E-state index contributed by atoms with van der Waals surface area (Å²) in [6, 6.07) is 4.18. The first-order chi connectivity index (χ1) is 12.0. The van der Waals surface area contributed by atoms with Gasteiger partial charge < -0.3 is 14.4 Å². The van der Waals surface area contributed by atoms with Gasteiger partial charge in [-0.15, -0.1) is 0 Å². The predicted octanol–water partition coefficient (Wildman–Crippen LogP) is 2.55. The maximum atomic E-state index is 12.2. The molecule has 0 radical (unpaired) electrons. The minimum atomic E-state index is -0.589. The van der Waals surface area contributed by atoms with Gasteiger partial charge in [0.2, 0.25) is 0 Å². The second kappa shape index (κ2) is 8.46. The zero-order chi connectivity index (χ0) is 18.4. The number of nitro groups is 1. The number of carbonyl (C=O) groups is 2. The van der Waals surface area contributed by atoms with Gasteiger partial charge in [0.1, 0.15) is 0 Å². The van der Waals surface area contributed by atoms with E-state index in [-0.39, 0.29) is 29.7 Å². The van der Waals surface area contributed by atoms with Crippen molar-refractivity contribution in [2.24, 2.45) is 5.92 Å². The Morgan fingerprint density at radius 1 is 1.20 bits per heavy atom. The molecular formula is C17H22N2O6. The molecule has 0 amide bonds. The van der Waals surface area contributed by atoms with Crippen LogP contribution in [0.1, 0.15) is 37.0 Å². The summed E-state index contributed by atoms with van der Waals surface area (Å²) in [7, 11) is 0. The smallest absolute Gasteiger partial charge is 0.340 e. The monoisotopic (exact) mass is 350 g/mol. The summed E-state index contributed by atoms with van der Waals surface area (Å²) in [6.45, 7) is 5.12. The first kappa shape index (κ1) is 18.7. The van der Waals surface area contributed by atoms with E-state index < -0.39 is 10.9 Å². The number of ether oxygens (including phenoxy) is 2. The van der Waals surface area contributed by atoms with Crippen molar-refractivity contribution in [2.45, 2.75) is 26.7 Å². The van der Waals surface area contributed by atoms with Crippen molar-refractivity contribution < 1.29 is 24.0 Å². The molecule has 0 atom stereocenters. The first-order valence-electron chi connectivity index (χ1n) is 8.35. The number of nitro benzene ring substituents is 1. The van der Waals surface area contributed by atoms with Gasteiger partial charge in [-0.25, -0.2) is 4.79 Å². The van der Waals surface area contributed by atoms with Crippen molar-refractivity contribution in [3.05, 3.63) is 33.9 Å². The largest absolute Gasteiger partial charge is 0.466 e. The molecule has 136 valence electrons. The van der Waals surface area contributed by atoms with Crippen molar-refractivity contribution in [1.82, 2.24) is 0 Å². The van der Waals surface area contributed by atoms with Crippen molar-refractivity contribution in [3.63, 3.8) is 0 Å². The average molecular weight is 350 g/mol. The van der Waals surface area contributed by atoms with Gasteiger partial charge in [0, 0.05) is 25.2 Å². The van der Waals surface area contributed by atoms with E-state index in [1.54, 1.807) is 19.9 Å². The Hall–Kier alpha value is -2.64. The normalized spacial score (nSPS) is 14.9. The first-order valence-corrected chi connectivity index (χ1v) is 8.35. The number of non-ortho nitro benzene ring substituents is 1. The second-order valence-corrected chi connectivity index (χ2v) is 5.69. The van der Waals surface area contributed by atoms with Crippen molar-refractivity contribution in [1.29, 1.82) is 0 Å². The number of hydrogen-bond acceptors (Lipinski definition) is 7. The van der Waals surface area contributed by atoms with Crippen LogP contribution in [0.2, 0.25) is 0 Å². The van der Waals surface area contributed by atoms with Gasteiger partial charge in [-0.2, -0.15) is 0 Å². The molecule has 0 unspecified atom stereocenters. The Morgan fingerprint density at radius 3 is 2.40 bits per heavy atom. The number of nitrogens with zero attached hydrogens (tertiary/aromatic N) is 2. The Kier molecular flexibility index (Phi) is 6.32. The van der Waals surface area contributed by atoms with Crippen LogP contribution in [0.5, 0.6) is 0 Å². The molecule has 0 spiro atoms. The summed E-state index contributed by atoms with van der Waals surface area (Å²) in [5.74, 6) is -0.939. The van der Waals surface area contributed by atoms with Gasteiger partial charge in [0.05, 0.1) is 35.3 Å². The topological polar surface area (TPSA) is 99.0 Å². The quantitative estimate of drug-likeness (QED) is 0.441. The minimum Gasteiger partial charge on any atom is -0.466 e. The van der Waals surface area contributed by atoms with Crippen LogP contribution in [-0.4, -0.2) is 43.2 Å². The second-order valence-electron chi connectivity index (χ2n) is 5.69. The number of rotatable bonds is 6. The molecule has 1 fully saturated rings. The minimum absolute atomic E-state index is 0.153. The highest BCUT2D eigenvalue weighted by Gasteiger charge is 2.29. The molecule has 1 heterocycles. The summed E-state index contributed by atoms with van der Waals surface area (Å²) >= 11 is 0. The molecule has 0 aliphatic carbocycles. The van der Waals surface area contributed by atoms with E-state index in [2.05, 4.69) is 0 Å². The van der Waals surface area contributed by atoms with Crippen molar-refractivity contribution in [2.75, 3.05) is 31.2 Å². The highest BCUT2D eigenvalue weighted by Crippen LogP contribution is 2.30. The molecule has 2 rings (SSSR count). The highest BCUT2D eigenvalue weighted by molar-refractivity contribution is 5.96. The lowest BCUT2D eigenvalue weighted by Gasteiger charge is -2.33. The number of esters is 2. The van der Waals surface area contributed by atoms with Crippen LogP contribution < -0.4 is 4.90 Å². The molecule has 0 N–H and O–H groups in total. The third-order valence-corrected chi connectivity index (χ3v) is 4.14. The summed E-state index contributed by atoms with van der Waals surface area (Å²) < 4.78 is 10.1. The molecular weight excluding hydrogens is 328 g/mol. The number of anilines is 1. The summed E-state index contributed by atoms with van der Waals surface area (Å²) in [5.41, 5.74) is 0.602. The lowest BCUT2D eigenvalue weighted by Crippen LogP contribution is -2.37. The third-order valence-electron chi connectivity index (χ3n) is 4.14. The molecule has 0 aromatic heterocycles. The van der Waals surface area contributed by atoms with E-state index in [1.807, 2.05) is 4.90 Å². The van der Waals surface area contributed by atoms with E-state index in [1.165, 1.54) is 12.1 Å². The standard InChI is InChI=1S/C17H22N2O6/c1-3-24-16(20)12-7-9-18(10-8-12)15-6-5-13(19(22)23)11-14(15)17(21)25-4-2/h5-6,11-12H,3-4,7-10H2,1-2H3. The molecule has 1 aliphatic heterocycles. The molecule has 1 aliphatic rings. The summed E-state index contributed by atoms with van der Waals surface area (Å²) in [4.78, 5) is 36.4. The maximum absolute atomic E-state index is 12.2. The number of benzene rings is 1. The molecule has 1 aromatic rings. The zero-order valence-electron chi connectivity index (χ0n) is 14.4. The number of piperidine rings is 1. The van der Waals surface area contributed by atoms with Gasteiger partial charge in [-0.1, -0.05) is 0 Å². The number of carbonyl (C=O) groups excluding carboxylic acids is 2. The molecule has 1 saturated heterocycles. The van der Waals surface area contributed by atoms with Gasteiger partial charge in [-0.3, -0.25) is 14.9 Å². The Morgan fingerprint density at radius 2 is 1.84 bits per heavy atom. The van der Waals surface area contributed by atoms with Crippen LogP contribution in [0.25, 0.3) is 0 Å². The third kappa shape index (κ3) is 4.46. The van der Waals surface area contributed by atoms with E-state index in [0.717, 1.165) is 0 Å². The van der Waals surface area contributed by atoms with Gasteiger partial charge in [0.15, 0.2) is 0 Å². The fourth-order valence-corrected chi connectivity index (χ4v) is 2.90. The summed E-state index contributed by atoms with van der Waals surface area (Å²) in [5, 5.41) is 11.0. The van der Waals surface area contributed by atoms with E-state index in [9.17, 15) is 19.7 Å². The van der Waals surface area contributed by atoms with Gasteiger partial charge in [-0.05, 0) is 32.8 Å². The molecule has 0 bridgehead atoms. The predicted molar refractivity (Wildman–Crippen MR) is 90.6 cm³/mol. The van der Waals surface area contributed by atoms with E-state index >= 15 is 0 Å². The summed E-state index contributed by atoms with van der Waals surface area (Å²) in [6.07, 6.45) is 1.22. The van der Waals surface area contributed by atoms with E-state index in [0.29, 0.717) is 38.2 Å². The lowest BCUT2D eigenvalue weighted by atomic mass is 9.96. The molecule has 8 nitrogen and oxygen atoms in total. The highest BCUT2D eigenvalue weighted by atomic mass is 16.6. The van der Waals surface area contributed by atoms with Crippen LogP contribution in [-0.2, 0) is 14.3 Å². The van der Waals surface area contributed by atoms with Gasteiger partial charge in [0.25, 0.3) is 5.69 Å².